The van der Waals surface area contributed by atoms with Crippen LogP contribution in [0.1, 0.15) is 49.4 Å². The zero-order chi connectivity index (χ0) is 24.8. The van der Waals surface area contributed by atoms with Gasteiger partial charge in [0.15, 0.2) is 0 Å². The molecule has 2 aliphatic carbocycles. The number of phenols is 1. The molecule has 0 bridgehead atoms. The van der Waals surface area contributed by atoms with E-state index in [0.29, 0.717) is 29.7 Å². The van der Waals surface area contributed by atoms with E-state index in [1.807, 2.05) is 12.1 Å². The van der Waals surface area contributed by atoms with Gasteiger partial charge in [0.25, 0.3) is 0 Å². The highest BCUT2D eigenvalue weighted by Gasteiger charge is 2.34. The fourth-order valence-corrected chi connectivity index (χ4v) is 5.65. The van der Waals surface area contributed by atoms with Crippen molar-refractivity contribution >= 4 is 0 Å². The number of methoxy groups -OCH3 is 1. The molecule has 0 spiro atoms. The van der Waals surface area contributed by atoms with Gasteiger partial charge >= 0.3 is 0 Å². The number of nitrogens with zero attached hydrogens (tertiary/aromatic N) is 1. The highest BCUT2D eigenvalue weighted by Crippen LogP contribution is 2.38. The average Bonchev–Trinajstić information content (AvgIpc) is 2.87. The quantitative estimate of drug-likeness (QED) is 0.467. The second kappa shape index (κ2) is 11.9. The SMILES string of the molecule is CCN(Cc1ccc(CCNC(C)C)cc1)C1C=C(OC)C=CC1[C@@H]1CCc2cc(O)ccc2C1. The van der Waals surface area contributed by atoms with Gasteiger partial charge in [0.2, 0.25) is 0 Å². The monoisotopic (exact) mass is 474 g/mol. The molecule has 0 fully saturated rings. The van der Waals surface area contributed by atoms with Crippen LogP contribution in [0.15, 0.2) is 66.5 Å². The molecular formula is C31H42N2O2. The highest BCUT2D eigenvalue weighted by atomic mass is 16.5. The molecule has 2 aliphatic rings. The average molecular weight is 475 g/mol. The minimum absolute atomic E-state index is 0.304. The second-order valence-electron chi connectivity index (χ2n) is 10.4. The predicted molar refractivity (Wildman–Crippen MR) is 145 cm³/mol. The number of hydrogen-bond acceptors (Lipinski definition) is 4. The molecule has 3 atom stereocenters. The maximum atomic E-state index is 9.88. The molecule has 0 aromatic heterocycles. The lowest BCUT2D eigenvalue weighted by Crippen LogP contribution is -2.43. The maximum Gasteiger partial charge on any atom is 0.116 e. The van der Waals surface area contributed by atoms with Crippen LogP contribution in [0.3, 0.4) is 0 Å². The summed E-state index contributed by atoms with van der Waals surface area (Å²) in [5.41, 5.74) is 5.44. The molecule has 2 aromatic carbocycles. The topological polar surface area (TPSA) is 44.7 Å². The van der Waals surface area contributed by atoms with Crippen LogP contribution in [-0.2, 0) is 30.5 Å². The summed E-state index contributed by atoms with van der Waals surface area (Å²) in [6.07, 6.45) is 11.2. The number of fused-ring (bicyclic) bond motifs is 1. The van der Waals surface area contributed by atoms with Gasteiger partial charge in [0.05, 0.1) is 7.11 Å². The van der Waals surface area contributed by atoms with E-state index in [4.69, 9.17) is 4.74 Å². The number of phenolic OH excluding ortho intramolecular Hbond substituents is 1. The Morgan fingerprint density at radius 3 is 2.57 bits per heavy atom. The van der Waals surface area contributed by atoms with Gasteiger partial charge in [-0.1, -0.05) is 57.2 Å². The van der Waals surface area contributed by atoms with Crippen LogP contribution in [0.5, 0.6) is 5.75 Å². The number of rotatable bonds is 10. The van der Waals surface area contributed by atoms with E-state index in [0.717, 1.165) is 51.1 Å². The molecule has 4 heteroatoms. The number of nitrogens with one attached hydrogen (secondary N) is 1. The molecule has 0 radical (unpaired) electrons. The molecule has 0 aliphatic heterocycles. The normalized spacial score (nSPS) is 21.8. The predicted octanol–water partition coefficient (Wildman–Crippen LogP) is 5.64. The molecule has 0 heterocycles. The Kier molecular flexibility index (Phi) is 8.69. The lowest BCUT2D eigenvalue weighted by atomic mass is 9.72. The van der Waals surface area contributed by atoms with Gasteiger partial charge in [-0.15, -0.1) is 0 Å². The standard InChI is InChI=1S/C31H42N2O2/c1-5-33(21-24-8-6-23(7-9-24)16-17-32-22(2)3)31-20-29(35-4)14-15-30(31)27-11-10-26-19-28(34)13-12-25(26)18-27/h6-9,12-15,19-20,22,27,30-32,34H,5,10-11,16-18,21H2,1-4H3/t27-,30?,31?/m1/s1. The summed E-state index contributed by atoms with van der Waals surface area (Å²) >= 11 is 0. The molecule has 4 rings (SSSR count). The first-order chi connectivity index (χ1) is 17.0. The summed E-state index contributed by atoms with van der Waals surface area (Å²) in [4.78, 5) is 2.59. The first kappa shape index (κ1) is 25.5. The number of benzene rings is 2. The Balaban J connectivity index is 1.47. The van der Waals surface area contributed by atoms with Crippen molar-refractivity contribution in [2.75, 3.05) is 20.2 Å². The first-order valence-electron chi connectivity index (χ1n) is 13.3. The van der Waals surface area contributed by atoms with Gasteiger partial charge in [-0.05, 0) is 97.1 Å². The van der Waals surface area contributed by atoms with Gasteiger partial charge in [0, 0.05) is 18.6 Å². The number of ether oxygens (including phenoxy) is 1. The molecule has 2 N–H and O–H groups in total. The van der Waals surface area contributed by atoms with Crippen LogP contribution < -0.4 is 5.32 Å². The van der Waals surface area contributed by atoms with Crippen LogP contribution in [0, 0.1) is 11.8 Å². The zero-order valence-corrected chi connectivity index (χ0v) is 21.8. The van der Waals surface area contributed by atoms with E-state index in [1.165, 1.54) is 22.3 Å². The Bertz CT molecular complexity index is 1020. The third-order valence-electron chi connectivity index (χ3n) is 7.65. The lowest BCUT2D eigenvalue weighted by Gasteiger charge is -2.41. The molecular weight excluding hydrogens is 432 g/mol. The minimum Gasteiger partial charge on any atom is -0.508 e. The van der Waals surface area contributed by atoms with E-state index >= 15 is 0 Å². The molecule has 35 heavy (non-hydrogen) atoms. The van der Waals surface area contributed by atoms with Gasteiger partial charge in [-0.2, -0.15) is 0 Å². The van der Waals surface area contributed by atoms with E-state index in [1.54, 1.807) is 7.11 Å². The van der Waals surface area contributed by atoms with Crippen molar-refractivity contribution in [1.29, 1.82) is 0 Å². The minimum atomic E-state index is 0.304. The summed E-state index contributed by atoms with van der Waals surface area (Å²) in [6.45, 7) is 9.58. The highest BCUT2D eigenvalue weighted by molar-refractivity contribution is 5.37. The van der Waals surface area contributed by atoms with Gasteiger partial charge in [0.1, 0.15) is 11.5 Å². The molecule has 2 aromatic rings. The molecule has 0 saturated heterocycles. The summed E-state index contributed by atoms with van der Waals surface area (Å²) < 4.78 is 5.66. The summed E-state index contributed by atoms with van der Waals surface area (Å²) in [6, 6.07) is 15.9. The number of hydrogen-bond donors (Lipinski definition) is 2. The Morgan fingerprint density at radius 1 is 1.09 bits per heavy atom. The van der Waals surface area contributed by atoms with E-state index < -0.39 is 0 Å². The molecule has 0 saturated carbocycles. The van der Waals surface area contributed by atoms with Crippen LogP contribution in [0.4, 0.5) is 0 Å². The zero-order valence-electron chi connectivity index (χ0n) is 21.8. The number of allylic oxidation sites excluding steroid dienone is 1. The van der Waals surface area contributed by atoms with Crippen LogP contribution in [0.2, 0.25) is 0 Å². The van der Waals surface area contributed by atoms with E-state index in [9.17, 15) is 5.11 Å². The summed E-state index contributed by atoms with van der Waals surface area (Å²) in [5, 5.41) is 13.4. The van der Waals surface area contributed by atoms with E-state index in [-0.39, 0.29) is 0 Å². The Hall–Kier alpha value is -2.56. The van der Waals surface area contributed by atoms with Crippen molar-refractivity contribution in [3.8, 4) is 5.75 Å². The van der Waals surface area contributed by atoms with Gasteiger partial charge in [-0.3, -0.25) is 4.90 Å². The summed E-state index contributed by atoms with van der Waals surface area (Å²) in [5.74, 6) is 2.36. The largest absolute Gasteiger partial charge is 0.508 e. The third kappa shape index (κ3) is 6.56. The third-order valence-corrected chi connectivity index (χ3v) is 7.65. The van der Waals surface area contributed by atoms with Crippen molar-refractivity contribution < 1.29 is 9.84 Å². The number of likely N-dealkylation sites (N-methyl/N-ethyl adjacent to an activating group) is 1. The molecule has 188 valence electrons. The molecule has 0 amide bonds. The van der Waals surface area contributed by atoms with Crippen molar-refractivity contribution in [2.24, 2.45) is 11.8 Å². The number of aryl methyl sites for hydroxylation is 1. The smallest absolute Gasteiger partial charge is 0.116 e. The lowest BCUT2D eigenvalue weighted by molar-refractivity contribution is 0.147. The molecule has 4 nitrogen and oxygen atoms in total. The molecule has 2 unspecified atom stereocenters. The van der Waals surface area contributed by atoms with Crippen molar-refractivity contribution in [1.82, 2.24) is 10.2 Å². The van der Waals surface area contributed by atoms with E-state index in [2.05, 4.69) is 79.5 Å². The van der Waals surface area contributed by atoms with Crippen molar-refractivity contribution in [2.45, 2.75) is 65.1 Å². The summed E-state index contributed by atoms with van der Waals surface area (Å²) in [7, 11) is 1.76. The van der Waals surface area contributed by atoms with Gasteiger partial charge in [-0.25, -0.2) is 0 Å². The Labute approximate surface area is 211 Å². The van der Waals surface area contributed by atoms with Crippen molar-refractivity contribution in [3.63, 3.8) is 0 Å². The van der Waals surface area contributed by atoms with Crippen LogP contribution >= 0.6 is 0 Å². The van der Waals surface area contributed by atoms with Crippen molar-refractivity contribution in [3.05, 3.63) is 88.7 Å². The first-order valence-corrected chi connectivity index (χ1v) is 13.3. The van der Waals surface area contributed by atoms with Crippen LogP contribution in [0.25, 0.3) is 0 Å². The second-order valence-corrected chi connectivity index (χ2v) is 10.4. The fraction of sp³-hybridized carbons (Fsp3) is 0.484. The van der Waals surface area contributed by atoms with Crippen LogP contribution in [-0.4, -0.2) is 42.3 Å². The van der Waals surface area contributed by atoms with Gasteiger partial charge < -0.3 is 15.2 Å². The maximum absolute atomic E-state index is 9.88. The number of aromatic hydroxyl groups is 1. The fourth-order valence-electron chi connectivity index (χ4n) is 5.65. The Morgan fingerprint density at radius 2 is 1.86 bits per heavy atom.